The average Bonchev–Trinajstić information content (AvgIpc) is 3.14. The molecule has 1 aliphatic heterocycles. The number of hydrogen-bond donors (Lipinski definition) is 0. The number of benzene rings is 2. The number of carbonyl (C=O) groups is 1. The van der Waals surface area contributed by atoms with Crippen molar-refractivity contribution in [3.8, 4) is 5.75 Å². The highest BCUT2D eigenvalue weighted by atomic mass is 35.5. The molecule has 1 saturated heterocycles. The monoisotopic (exact) mass is 393 g/mol. The number of hydrogen-bond acceptors (Lipinski definition) is 3. The second-order valence-corrected chi connectivity index (χ2v) is 7.15. The Balaban J connectivity index is 1.64. The van der Waals surface area contributed by atoms with Crippen molar-refractivity contribution < 1.29 is 14.3 Å². The van der Waals surface area contributed by atoms with Gasteiger partial charge >= 0.3 is 0 Å². The van der Waals surface area contributed by atoms with Crippen LogP contribution >= 0.6 is 23.2 Å². The summed E-state index contributed by atoms with van der Waals surface area (Å²) >= 11 is 11.9. The van der Waals surface area contributed by atoms with Crippen LogP contribution in [0.15, 0.2) is 48.5 Å². The van der Waals surface area contributed by atoms with Gasteiger partial charge in [0.25, 0.3) is 5.91 Å². The molecule has 4 nitrogen and oxygen atoms in total. The third-order valence-corrected chi connectivity index (χ3v) is 4.73. The zero-order valence-electron chi connectivity index (χ0n) is 14.4. The van der Waals surface area contributed by atoms with Gasteiger partial charge in [-0.2, -0.15) is 0 Å². The summed E-state index contributed by atoms with van der Waals surface area (Å²) in [6.07, 6.45) is 2.09. The molecule has 0 aliphatic carbocycles. The maximum absolute atomic E-state index is 12.7. The van der Waals surface area contributed by atoms with Crippen molar-refractivity contribution in [1.29, 1.82) is 0 Å². The van der Waals surface area contributed by atoms with Crippen LogP contribution in [0.3, 0.4) is 0 Å². The van der Waals surface area contributed by atoms with Crippen LogP contribution in [0, 0.1) is 0 Å². The third-order valence-electron chi connectivity index (χ3n) is 4.25. The van der Waals surface area contributed by atoms with E-state index < -0.39 is 0 Å². The van der Waals surface area contributed by atoms with Crippen LogP contribution < -0.4 is 4.74 Å². The van der Waals surface area contributed by atoms with Crippen molar-refractivity contribution in [1.82, 2.24) is 4.90 Å². The van der Waals surface area contributed by atoms with Crippen molar-refractivity contribution in [3.63, 3.8) is 0 Å². The lowest BCUT2D eigenvalue weighted by Gasteiger charge is -2.25. The minimum absolute atomic E-state index is 0.0410. The second kappa shape index (κ2) is 9.26. The Hall–Kier alpha value is -1.75. The van der Waals surface area contributed by atoms with Gasteiger partial charge in [0, 0.05) is 29.7 Å². The molecular weight excluding hydrogens is 373 g/mol. The van der Waals surface area contributed by atoms with E-state index in [1.165, 1.54) is 0 Å². The molecule has 2 aromatic rings. The lowest BCUT2D eigenvalue weighted by atomic mass is 10.2. The summed E-state index contributed by atoms with van der Waals surface area (Å²) in [5, 5.41) is 1.25. The Morgan fingerprint density at radius 1 is 1.15 bits per heavy atom. The van der Waals surface area contributed by atoms with E-state index in [2.05, 4.69) is 0 Å². The SMILES string of the molecule is O=C(COc1cccc(Cl)c1)N(Cc1ccc(Cl)cc1)CC1CCCO1. The van der Waals surface area contributed by atoms with Gasteiger partial charge in [0.1, 0.15) is 5.75 Å². The van der Waals surface area contributed by atoms with Crippen LogP contribution in [0.4, 0.5) is 0 Å². The molecule has 1 unspecified atom stereocenters. The molecule has 0 radical (unpaired) electrons. The van der Waals surface area contributed by atoms with Crippen LogP contribution in [0.2, 0.25) is 10.0 Å². The summed E-state index contributed by atoms with van der Waals surface area (Å²) in [7, 11) is 0. The summed E-state index contributed by atoms with van der Waals surface area (Å²) in [5.74, 6) is 0.491. The summed E-state index contributed by atoms with van der Waals surface area (Å²) in [6.45, 7) is 1.77. The summed E-state index contributed by atoms with van der Waals surface area (Å²) in [6, 6.07) is 14.5. The van der Waals surface area contributed by atoms with Gasteiger partial charge in [0.15, 0.2) is 6.61 Å². The smallest absolute Gasteiger partial charge is 0.260 e. The largest absolute Gasteiger partial charge is 0.484 e. The maximum atomic E-state index is 12.7. The first-order valence-corrected chi connectivity index (χ1v) is 9.38. The Kier molecular flexibility index (Phi) is 6.78. The fourth-order valence-corrected chi connectivity index (χ4v) is 3.20. The van der Waals surface area contributed by atoms with Gasteiger partial charge in [-0.05, 0) is 48.7 Å². The summed E-state index contributed by atoms with van der Waals surface area (Å²) in [5.41, 5.74) is 1.02. The number of nitrogens with zero attached hydrogens (tertiary/aromatic N) is 1. The molecule has 1 atom stereocenters. The van der Waals surface area contributed by atoms with Crippen LogP contribution in [0.25, 0.3) is 0 Å². The molecule has 1 aliphatic rings. The van der Waals surface area contributed by atoms with Crippen molar-refractivity contribution >= 4 is 29.1 Å². The maximum Gasteiger partial charge on any atom is 0.260 e. The molecular formula is C20H21Cl2NO3. The van der Waals surface area contributed by atoms with E-state index in [4.69, 9.17) is 32.7 Å². The Morgan fingerprint density at radius 2 is 1.96 bits per heavy atom. The van der Waals surface area contributed by atoms with Gasteiger partial charge in [0.2, 0.25) is 0 Å². The standard InChI is InChI=1S/C20H21Cl2NO3/c21-16-8-6-15(7-9-16)12-23(13-19-5-2-10-25-19)20(24)14-26-18-4-1-3-17(22)11-18/h1,3-4,6-9,11,19H,2,5,10,12-14H2. The van der Waals surface area contributed by atoms with E-state index in [-0.39, 0.29) is 18.6 Å². The molecule has 0 saturated carbocycles. The first-order valence-electron chi connectivity index (χ1n) is 8.62. The van der Waals surface area contributed by atoms with Gasteiger partial charge < -0.3 is 14.4 Å². The molecule has 0 N–H and O–H groups in total. The number of rotatable bonds is 7. The van der Waals surface area contributed by atoms with E-state index in [0.717, 1.165) is 25.0 Å². The van der Waals surface area contributed by atoms with Gasteiger partial charge in [-0.15, -0.1) is 0 Å². The van der Waals surface area contributed by atoms with Crippen LogP contribution in [-0.4, -0.2) is 36.7 Å². The molecule has 0 aromatic heterocycles. The Labute approximate surface area is 163 Å². The predicted octanol–water partition coefficient (Wildman–Crippen LogP) is 4.58. The lowest BCUT2D eigenvalue weighted by Crippen LogP contribution is -2.39. The van der Waals surface area contributed by atoms with Crippen LogP contribution in [0.5, 0.6) is 5.75 Å². The molecule has 1 amide bonds. The molecule has 2 aromatic carbocycles. The molecule has 26 heavy (non-hydrogen) atoms. The van der Waals surface area contributed by atoms with E-state index >= 15 is 0 Å². The molecule has 6 heteroatoms. The molecule has 3 rings (SSSR count). The topological polar surface area (TPSA) is 38.8 Å². The summed E-state index contributed by atoms with van der Waals surface area (Å²) in [4.78, 5) is 14.5. The van der Waals surface area contributed by atoms with E-state index in [0.29, 0.717) is 28.9 Å². The number of carbonyl (C=O) groups excluding carboxylic acids is 1. The molecule has 0 bridgehead atoms. The zero-order valence-corrected chi connectivity index (χ0v) is 15.9. The first-order chi connectivity index (χ1) is 12.6. The highest BCUT2D eigenvalue weighted by molar-refractivity contribution is 6.30. The van der Waals surface area contributed by atoms with Crippen LogP contribution in [0.1, 0.15) is 18.4 Å². The molecule has 0 spiro atoms. The van der Waals surface area contributed by atoms with Gasteiger partial charge in [-0.25, -0.2) is 0 Å². The van der Waals surface area contributed by atoms with Crippen molar-refractivity contribution in [2.24, 2.45) is 0 Å². The van der Waals surface area contributed by atoms with E-state index in [1.807, 2.05) is 24.3 Å². The quantitative estimate of drug-likeness (QED) is 0.690. The zero-order chi connectivity index (χ0) is 18.4. The van der Waals surface area contributed by atoms with E-state index in [9.17, 15) is 4.79 Å². The number of ether oxygens (including phenoxy) is 2. The fraction of sp³-hybridized carbons (Fsp3) is 0.350. The van der Waals surface area contributed by atoms with E-state index in [1.54, 1.807) is 29.2 Å². The Bertz CT molecular complexity index is 730. The van der Waals surface area contributed by atoms with Gasteiger partial charge in [-0.3, -0.25) is 4.79 Å². The normalized spacial score (nSPS) is 16.5. The predicted molar refractivity (Wildman–Crippen MR) is 103 cm³/mol. The minimum Gasteiger partial charge on any atom is -0.484 e. The highest BCUT2D eigenvalue weighted by Crippen LogP contribution is 2.19. The molecule has 1 fully saturated rings. The number of halogens is 2. The Morgan fingerprint density at radius 3 is 2.65 bits per heavy atom. The van der Waals surface area contributed by atoms with Crippen molar-refractivity contribution in [2.75, 3.05) is 19.8 Å². The third kappa shape index (κ3) is 5.63. The van der Waals surface area contributed by atoms with Crippen molar-refractivity contribution in [3.05, 3.63) is 64.1 Å². The fourth-order valence-electron chi connectivity index (χ4n) is 2.89. The van der Waals surface area contributed by atoms with Gasteiger partial charge in [-0.1, -0.05) is 41.4 Å². The second-order valence-electron chi connectivity index (χ2n) is 6.28. The molecule has 1 heterocycles. The first kappa shape index (κ1) is 19.0. The molecule has 138 valence electrons. The van der Waals surface area contributed by atoms with Crippen molar-refractivity contribution in [2.45, 2.75) is 25.5 Å². The van der Waals surface area contributed by atoms with Gasteiger partial charge in [0.05, 0.1) is 6.10 Å². The van der Waals surface area contributed by atoms with Crippen LogP contribution in [-0.2, 0) is 16.1 Å². The summed E-state index contributed by atoms with van der Waals surface area (Å²) < 4.78 is 11.3. The number of amides is 1. The highest BCUT2D eigenvalue weighted by Gasteiger charge is 2.23. The average molecular weight is 394 g/mol. The minimum atomic E-state index is -0.0876. The lowest BCUT2D eigenvalue weighted by molar-refractivity contribution is -0.135.